The van der Waals surface area contributed by atoms with Crippen LogP contribution in [0.25, 0.3) is 17.2 Å². The summed E-state index contributed by atoms with van der Waals surface area (Å²) >= 11 is 6.37. The molecule has 0 radical (unpaired) electrons. The predicted octanol–water partition coefficient (Wildman–Crippen LogP) is 7.69. The lowest BCUT2D eigenvalue weighted by molar-refractivity contribution is 0.239. The molecular formula is C30H29ClFN. The summed E-state index contributed by atoms with van der Waals surface area (Å²) in [5.74, 6) is 0. The fourth-order valence-corrected chi connectivity index (χ4v) is 5.25. The Morgan fingerprint density at radius 1 is 0.879 bits per heavy atom. The molecule has 0 atom stereocenters. The van der Waals surface area contributed by atoms with Crippen molar-refractivity contribution < 1.29 is 4.39 Å². The Balaban J connectivity index is 1.49. The van der Waals surface area contributed by atoms with Crippen molar-refractivity contribution in [3.8, 4) is 0 Å². The Labute approximate surface area is 201 Å². The van der Waals surface area contributed by atoms with E-state index >= 15 is 0 Å². The third-order valence-corrected chi connectivity index (χ3v) is 6.90. The molecule has 1 fully saturated rings. The van der Waals surface area contributed by atoms with Crippen LogP contribution in [0, 0.1) is 0 Å². The molecule has 3 heteroatoms. The third kappa shape index (κ3) is 4.98. The van der Waals surface area contributed by atoms with Crippen molar-refractivity contribution in [2.24, 2.45) is 0 Å². The summed E-state index contributed by atoms with van der Waals surface area (Å²) in [6.45, 7) is 2.54. The van der Waals surface area contributed by atoms with Crippen LogP contribution < -0.4 is 0 Å². The normalized spacial score (nSPS) is 16.2. The fraction of sp³-hybridized carbons (Fsp3) is 0.267. The van der Waals surface area contributed by atoms with E-state index in [0.29, 0.717) is 6.42 Å². The smallest absolute Gasteiger partial charge is 0.0906 e. The summed E-state index contributed by atoms with van der Waals surface area (Å²) in [7, 11) is 0. The van der Waals surface area contributed by atoms with Gasteiger partial charge in [-0.05, 0) is 82.4 Å². The molecule has 0 saturated carbocycles. The third-order valence-electron chi connectivity index (χ3n) is 6.67. The highest BCUT2D eigenvalue weighted by Crippen LogP contribution is 2.40. The van der Waals surface area contributed by atoms with E-state index in [4.69, 9.17) is 11.6 Å². The minimum Gasteiger partial charge on any atom is -0.295 e. The van der Waals surface area contributed by atoms with Crippen LogP contribution >= 0.6 is 11.6 Å². The fourth-order valence-electron chi connectivity index (χ4n) is 5.06. The Morgan fingerprint density at radius 2 is 1.70 bits per heavy atom. The molecule has 0 unspecified atom stereocenters. The Hall–Kier alpha value is -2.68. The lowest BCUT2D eigenvalue weighted by Gasteiger charge is -2.33. The largest absolute Gasteiger partial charge is 0.295 e. The summed E-state index contributed by atoms with van der Waals surface area (Å²) in [5.41, 5.74) is 10.5. The average molecular weight is 458 g/mol. The van der Waals surface area contributed by atoms with E-state index in [1.807, 2.05) is 12.1 Å². The van der Waals surface area contributed by atoms with Crippen LogP contribution in [0.15, 0.2) is 78.4 Å². The molecule has 3 aromatic carbocycles. The maximum Gasteiger partial charge on any atom is 0.0906 e. The topological polar surface area (TPSA) is 3.24 Å². The van der Waals surface area contributed by atoms with Crippen molar-refractivity contribution in [1.82, 2.24) is 4.90 Å². The van der Waals surface area contributed by atoms with E-state index in [0.717, 1.165) is 43.9 Å². The van der Waals surface area contributed by atoms with Crippen molar-refractivity contribution in [3.63, 3.8) is 0 Å². The van der Waals surface area contributed by atoms with Crippen molar-refractivity contribution in [2.75, 3.05) is 26.3 Å². The molecule has 0 N–H and O–H groups in total. The van der Waals surface area contributed by atoms with Crippen molar-refractivity contribution in [3.05, 3.63) is 111 Å². The van der Waals surface area contributed by atoms with E-state index in [1.54, 1.807) is 0 Å². The monoisotopic (exact) mass is 457 g/mol. The highest BCUT2D eigenvalue weighted by atomic mass is 35.5. The molecule has 168 valence electrons. The molecule has 1 heterocycles. The zero-order valence-electron chi connectivity index (χ0n) is 18.9. The Morgan fingerprint density at radius 3 is 2.48 bits per heavy atom. The number of nitrogens with zero attached hydrogens (tertiary/aromatic N) is 1. The van der Waals surface area contributed by atoms with Crippen LogP contribution in [-0.4, -0.2) is 31.2 Å². The number of halogens is 2. The van der Waals surface area contributed by atoms with Gasteiger partial charge < -0.3 is 0 Å². The highest BCUT2D eigenvalue weighted by molar-refractivity contribution is 6.30. The maximum absolute atomic E-state index is 12.4. The van der Waals surface area contributed by atoms with Gasteiger partial charge in [0.15, 0.2) is 0 Å². The van der Waals surface area contributed by atoms with Gasteiger partial charge in [-0.15, -0.1) is 0 Å². The second-order valence-corrected chi connectivity index (χ2v) is 9.49. The molecule has 0 aromatic heterocycles. The predicted molar refractivity (Wildman–Crippen MR) is 138 cm³/mol. The zero-order chi connectivity index (χ0) is 22.6. The van der Waals surface area contributed by atoms with Crippen LogP contribution in [0.1, 0.15) is 47.1 Å². The van der Waals surface area contributed by atoms with Gasteiger partial charge in [-0.25, -0.2) is 0 Å². The summed E-state index contributed by atoms with van der Waals surface area (Å²) in [5, 5.41) is 0.778. The van der Waals surface area contributed by atoms with E-state index in [9.17, 15) is 4.39 Å². The van der Waals surface area contributed by atoms with Gasteiger partial charge in [0.2, 0.25) is 0 Å². The quantitative estimate of drug-likeness (QED) is 0.366. The van der Waals surface area contributed by atoms with E-state index in [2.05, 4.69) is 71.6 Å². The molecule has 1 aliphatic heterocycles. The molecule has 2 aliphatic rings. The van der Waals surface area contributed by atoms with Crippen LogP contribution in [0.3, 0.4) is 0 Å². The molecule has 0 spiro atoms. The lowest BCUT2D eigenvalue weighted by Crippen LogP contribution is -2.40. The molecule has 1 nitrogen and oxygen atoms in total. The number of hydrogen-bond donors (Lipinski definition) is 0. The summed E-state index contributed by atoms with van der Waals surface area (Å²) in [4.78, 5) is 2.30. The number of likely N-dealkylation sites (tertiary alicyclic amines) is 1. The number of fused-ring (bicyclic) bond motifs is 1. The average Bonchev–Trinajstić information content (AvgIpc) is 3.01. The number of allylic oxidation sites excluding steroid dienone is 1. The van der Waals surface area contributed by atoms with Gasteiger partial charge >= 0.3 is 0 Å². The first-order chi connectivity index (χ1) is 16.2. The van der Waals surface area contributed by atoms with Crippen LogP contribution in [-0.2, 0) is 6.42 Å². The van der Waals surface area contributed by atoms with E-state index < -0.39 is 0 Å². The van der Waals surface area contributed by atoms with E-state index in [1.165, 1.54) is 44.5 Å². The van der Waals surface area contributed by atoms with Gasteiger partial charge in [-0.3, -0.25) is 9.29 Å². The SMILES string of the molecule is FCCCN1CC(=Cc2ccc(C3=C(c4cccc(Cl)c4)CCCc4ccccc43)cc2)C1. The van der Waals surface area contributed by atoms with Gasteiger partial charge in [0.25, 0.3) is 0 Å². The molecular weight excluding hydrogens is 429 g/mol. The minimum atomic E-state index is -0.229. The van der Waals surface area contributed by atoms with Crippen LogP contribution in [0.4, 0.5) is 4.39 Å². The Kier molecular flexibility index (Phi) is 6.75. The molecule has 1 saturated heterocycles. The first kappa shape index (κ1) is 22.1. The van der Waals surface area contributed by atoms with Gasteiger partial charge in [0.1, 0.15) is 0 Å². The molecule has 0 bridgehead atoms. The first-order valence-corrected chi connectivity index (χ1v) is 12.2. The van der Waals surface area contributed by atoms with Gasteiger partial charge in [-0.2, -0.15) is 0 Å². The summed E-state index contributed by atoms with van der Waals surface area (Å²) in [6.07, 6.45) is 6.17. The van der Waals surface area contributed by atoms with Crippen molar-refractivity contribution >= 4 is 28.8 Å². The standard InChI is InChI=1S/C30H29ClFN/c31-27-9-3-8-26(19-27)29-11-4-7-24-6-1-2-10-28(24)30(29)25-14-12-22(13-15-25)18-23-20-33(21-23)17-5-16-32/h1-3,6,8-10,12-15,18-19H,4-5,7,11,16-17,20-21H2. The molecule has 5 rings (SSSR count). The van der Waals surface area contributed by atoms with E-state index in [-0.39, 0.29) is 6.67 Å². The number of benzene rings is 3. The van der Waals surface area contributed by atoms with Crippen LogP contribution in [0.5, 0.6) is 0 Å². The summed E-state index contributed by atoms with van der Waals surface area (Å²) < 4.78 is 12.4. The highest BCUT2D eigenvalue weighted by Gasteiger charge is 2.21. The summed E-state index contributed by atoms with van der Waals surface area (Å²) in [6, 6.07) is 26.0. The Bertz CT molecular complexity index is 1180. The van der Waals surface area contributed by atoms with Gasteiger partial charge in [0, 0.05) is 24.7 Å². The van der Waals surface area contributed by atoms with Crippen molar-refractivity contribution in [2.45, 2.75) is 25.7 Å². The van der Waals surface area contributed by atoms with Crippen molar-refractivity contribution in [1.29, 1.82) is 0 Å². The molecule has 33 heavy (non-hydrogen) atoms. The molecule has 0 amide bonds. The minimum absolute atomic E-state index is 0.229. The first-order valence-electron chi connectivity index (χ1n) is 11.9. The molecule has 3 aromatic rings. The second kappa shape index (κ2) is 10.1. The van der Waals surface area contributed by atoms with Crippen LogP contribution in [0.2, 0.25) is 5.02 Å². The lowest BCUT2D eigenvalue weighted by atomic mass is 9.87. The number of aryl methyl sites for hydroxylation is 1. The molecule has 1 aliphatic carbocycles. The number of alkyl halides is 1. The van der Waals surface area contributed by atoms with Gasteiger partial charge in [-0.1, -0.05) is 78.3 Å². The zero-order valence-corrected chi connectivity index (χ0v) is 19.6. The number of rotatable bonds is 6. The number of hydrogen-bond acceptors (Lipinski definition) is 1. The second-order valence-electron chi connectivity index (χ2n) is 9.05. The van der Waals surface area contributed by atoms with Gasteiger partial charge in [0.05, 0.1) is 6.67 Å². The maximum atomic E-state index is 12.4.